The molecule has 0 radical (unpaired) electrons. The van der Waals surface area contributed by atoms with Crippen molar-refractivity contribution in [3.8, 4) is 0 Å². The van der Waals surface area contributed by atoms with Crippen LogP contribution in [-0.2, 0) is 0 Å². The molecule has 11 heavy (non-hydrogen) atoms. The van der Waals surface area contributed by atoms with Crippen molar-refractivity contribution < 1.29 is 0 Å². The second-order valence-electron chi connectivity index (χ2n) is 2.22. The van der Waals surface area contributed by atoms with E-state index in [0.29, 0.717) is 5.02 Å². The summed E-state index contributed by atoms with van der Waals surface area (Å²) in [7, 11) is 0. The summed E-state index contributed by atoms with van der Waals surface area (Å²) in [6.45, 7) is 0. The fraction of sp³-hybridized carbons (Fsp3) is 0. The van der Waals surface area contributed by atoms with E-state index in [2.05, 4.69) is 0 Å². The molecule has 0 bridgehead atoms. The van der Waals surface area contributed by atoms with Crippen LogP contribution in [0.3, 0.4) is 0 Å². The maximum atomic E-state index is 5.93. The van der Waals surface area contributed by atoms with E-state index in [0.717, 1.165) is 15.1 Å². The normalized spacial score (nSPS) is 10.7. The molecule has 0 atom stereocenters. The van der Waals surface area contributed by atoms with E-state index in [4.69, 9.17) is 23.2 Å². The summed E-state index contributed by atoms with van der Waals surface area (Å²) in [5.74, 6) is 0. The van der Waals surface area contributed by atoms with Gasteiger partial charge in [0.2, 0.25) is 0 Å². The van der Waals surface area contributed by atoms with Gasteiger partial charge >= 0.3 is 0 Å². The summed E-state index contributed by atoms with van der Waals surface area (Å²) >= 11 is 13.4. The third-order valence-electron chi connectivity index (χ3n) is 1.49. The van der Waals surface area contributed by atoms with Gasteiger partial charge in [0.25, 0.3) is 0 Å². The first-order valence-electron chi connectivity index (χ1n) is 3.09. The van der Waals surface area contributed by atoms with Gasteiger partial charge in [-0.1, -0.05) is 23.2 Å². The van der Waals surface area contributed by atoms with Crippen LogP contribution in [0, 0.1) is 0 Å². The Hall–Kier alpha value is -0.240. The van der Waals surface area contributed by atoms with Crippen molar-refractivity contribution >= 4 is 44.6 Å². The molecule has 1 aromatic heterocycles. The summed E-state index contributed by atoms with van der Waals surface area (Å²) in [5.41, 5.74) is 0. The molecule has 0 saturated heterocycles. The van der Waals surface area contributed by atoms with Gasteiger partial charge in [-0.15, -0.1) is 11.3 Å². The Morgan fingerprint density at radius 3 is 2.82 bits per heavy atom. The van der Waals surface area contributed by atoms with Crippen molar-refractivity contribution in [3.63, 3.8) is 0 Å². The van der Waals surface area contributed by atoms with Gasteiger partial charge in [-0.3, -0.25) is 0 Å². The summed E-state index contributed by atoms with van der Waals surface area (Å²) in [6, 6.07) is 5.68. The third kappa shape index (κ3) is 1.24. The highest BCUT2D eigenvalue weighted by atomic mass is 35.5. The Kier molecular flexibility index (Phi) is 1.80. The quantitative estimate of drug-likeness (QED) is 0.601. The second-order valence-corrected chi connectivity index (χ2v) is 4.01. The standard InChI is InChI=1S/C8H4Cl2S/c9-5-3-7(10)6-1-2-11-8(6)4-5/h1-4H. The Morgan fingerprint density at radius 1 is 1.18 bits per heavy atom. The number of thiophene rings is 1. The molecule has 2 rings (SSSR count). The van der Waals surface area contributed by atoms with Crippen LogP contribution in [0.5, 0.6) is 0 Å². The lowest BCUT2D eigenvalue weighted by molar-refractivity contribution is 1.84. The molecule has 2 aromatic rings. The molecular formula is C8H4Cl2S. The molecule has 0 aliphatic heterocycles. The van der Waals surface area contributed by atoms with E-state index in [9.17, 15) is 0 Å². The fourth-order valence-corrected chi connectivity index (χ4v) is 2.52. The average Bonchev–Trinajstić information content (AvgIpc) is 2.34. The molecule has 0 nitrogen and oxygen atoms in total. The number of hydrogen-bond donors (Lipinski definition) is 0. The van der Waals surface area contributed by atoms with Crippen LogP contribution in [0.15, 0.2) is 23.6 Å². The van der Waals surface area contributed by atoms with Crippen LogP contribution in [-0.4, -0.2) is 0 Å². The fourth-order valence-electron chi connectivity index (χ4n) is 0.996. The highest BCUT2D eigenvalue weighted by Gasteiger charge is 2.00. The SMILES string of the molecule is Clc1cc(Cl)c2ccsc2c1. The Morgan fingerprint density at radius 2 is 2.00 bits per heavy atom. The Labute approximate surface area is 78.4 Å². The zero-order valence-electron chi connectivity index (χ0n) is 5.47. The predicted molar refractivity (Wildman–Crippen MR) is 51.8 cm³/mol. The van der Waals surface area contributed by atoms with Crippen molar-refractivity contribution in [2.75, 3.05) is 0 Å². The van der Waals surface area contributed by atoms with Crippen LogP contribution < -0.4 is 0 Å². The molecule has 0 fully saturated rings. The van der Waals surface area contributed by atoms with Crippen LogP contribution in [0.25, 0.3) is 10.1 Å². The van der Waals surface area contributed by atoms with E-state index in [1.54, 1.807) is 17.4 Å². The molecule has 0 unspecified atom stereocenters. The maximum absolute atomic E-state index is 5.93. The molecule has 0 saturated carbocycles. The van der Waals surface area contributed by atoms with Crippen molar-refractivity contribution in [1.29, 1.82) is 0 Å². The molecule has 0 spiro atoms. The largest absolute Gasteiger partial charge is 0.144 e. The highest BCUT2D eigenvalue weighted by molar-refractivity contribution is 7.17. The van der Waals surface area contributed by atoms with Gasteiger partial charge in [-0.25, -0.2) is 0 Å². The highest BCUT2D eigenvalue weighted by Crippen LogP contribution is 2.31. The van der Waals surface area contributed by atoms with E-state index >= 15 is 0 Å². The van der Waals surface area contributed by atoms with Gasteiger partial charge in [-0.05, 0) is 23.6 Å². The molecule has 0 N–H and O–H groups in total. The smallest absolute Gasteiger partial charge is 0.0507 e. The molecule has 1 heterocycles. The zero-order chi connectivity index (χ0) is 7.84. The molecular weight excluding hydrogens is 199 g/mol. The molecule has 0 aliphatic rings. The summed E-state index contributed by atoms with van der Waals surface area (Å²) < 4.78 is 1.14. The lowest BCUT2D eigenvalue weighted by Gasteiger charge is -1.93. The van der Waals surface area contributed by atoms with Crippen molar-refractivity contribution in [1.82, 2.24) is 0 Å². The van der Waals surface area contributed by atoms with E-state index < -0.39 is 0 Å². The van der Waals surface area contributed by atoms with Gasteiger partial charge in [0.1, 0.15) is 0 Å². The van der Waals surface area contributed by atoms with Crippen molar-refractivity contribution in [3.05, 3.63) is 33.6 Å². The monoisotopic (exact) mass is 202 g/mol. The summed E-state index contributed by atoms with van der Waals surface area (Å²) in [4.78, 5) is 0. The third-order valence-corrected chi connectivity index (χ3v) is 2.88. The maximum Gasteiger partial charge on any atom is 0.0507 e. The van der Waals surface area contributed by atoms with E-state index in [-0.39, 0.29) is 0 Å². The number of fused-ring (bicyclic) bond motifs is 1. The van der Waals surface area contributed by atoms with Gasteiger partial charge < -0.3 is 0 Å². The zero-order valence-corrected chi connectivity index (χ0v) is 7.80. The van der Waals surface area contributed by atoms with E-state index in [1.165, 1.54) is 0 Å². The minimum atomic E-state index is 0.699. The first kappa shape index (κ1) is 7.41. The summed E-state index contributed by atoms with van der Waals surface area (Å²) in [5, 5.41) is 4.52. The van der Waals surface area contributed by atoms with Crippen LogP contribution in [0.4, 0.5) is 0 Å². The topological polar surface area (TPSA) is 0 Å². The second kappa shape index (κ2) is 2.67. The number of hydrogen-bond acceptors (Lipinski definition) is 1. The molecule has 1 aromatic carbocycles. The van der Waals surface area contributed by atoms with Crippen LogP contribution >= 0.6 is 34.5 Å². The minimum absolute atomic E-state index is 0.699. The van der Waals surface area contributed by atoms with Crippen molar-refractivity contribution in [2.24, 2.45) is 0 Å². The molecule has 56 valence electrons. The lowest BCUT2D eigenvalue weighted by atomic mass is 10.3. The van der Waals surface area contributed by atoms with Gasteiger partial charge in [0.05, 0.1) is 5.02 Å². The van der Waals surface area contributed by atoms with Crippen LogP contribution in [0.1, 0.15) is 0 Å². The average molecular weight is 203 g/mol. The van der Waals surface area contributed by atoms with Gasteiger partial charge in [0.15, 0.2) is 0 Å². The predicted octanol–water partition coefficient (Wildman–Crippen LogP) is 4.21. The number of benzene rings is 1. The minimum Gasteiger partial charge on any atom is -0.144 e. The molecule has 3 heteroatoms. The van der Waals surface area contributed by atoms with Crippen molar-refractivity contribution in [2.45, 2.75) is 0 Å². The van der Waals surface area contributed by atoms with Crippen LogP contribution in [0.2, 0.25) is 10.0 Å². The first-order valence-corrected chi connectivity index (χ1v) is 4.73. The Balaban J connectivity index is 2.91. The van der Waals surface area contributed by atoms with E-state index in [1.807, 2.05) is 17.5 Å². The number of halogens is 2. The van der Waals surface area contributed by atoms with Gasteiger partial charge in [0, 0.05) is 15.1 Å². The lowest BCUT2D eigenvalue weighted by Crippen LogP contribution is -1.66. The molecule has 0 amide bonds. The molecule has 0 aliphatic carbocycles. The van der Waals surface area contributed by atoms with Gasteiger partial charge in [-0.2, -0.15) is 0 Å². The Bertz CT molecular complexity index is 392. The number of rotatable bonds is 0. The summed E-state index contributed by atoms with van der Waals surface area (Å²) in [6.07, 6.45) is 0. The first-order chi connectivity index (χ1) is 5.27.